The maximum atomic E-state index is 12.5. The van der Waals surface area contributed by atoms with Crippen molar-refractivity contribution in [3.05, 3.63) is 41.5 Å². The van der Waals surface area contributed by atoms with Gasteiger partial charge in [-0.2, -0.15) is 13.2 Å². The third-order valence-corrected chi connectivity index (χ3v) is 4.24. The second-order valence-corrected chi connectivity index (χ2v) is 6.48. The van der Waals surface area contributed by atoms with Crippen molar-refractivity contribution in [1.82, 2.24) is 10.6 Å². The molecule has 0 radical (unpaired) electrons. The van der Waals surface area contributed by atoms with Gasteiger partial charge >= 0.3 is 18.2 Å². The number of hydrogen-bond acceptors (Lipinski definition) is 4. The zero-order valence-electron chi connectivity index (χ0n) is 15.2. The smallest absolute Gasteiger partial charge is 0.416 e. The zero-order valence-corrected chi connectivity index (χ0v) is 15.2. The van der Waals surface area contributed by atoms with Crippen LogP contribution in [0.5, 0.6) is 0 Å². The van der Waals surface area contributed by atoms with Gasteiger partial charge in [0.05, 0.1) is 5.56 Å². The maximum Gasteiger partial charge on any atom is 0.416 e. The summed E-state index contributed by atoms with van der Waals surface area (Å²) < 4.78 is 42.4. The van der Waals surface area contributed by atoms with Crippen LogP contribution in [-0.2, 0) is 20.5 Å². The van der Waals surface area contributed by atoms with E-state index in [1.54, 1.807) is 0 Å². The molecule has 6 nitrogen and oxygen atoms in total. The number of ether oxygens (including phenoxy) is 1. The molecular weight excluding hydrogens is 377 g/mol. The van der Waals surface area contributed by atoms with Gasteiger partial charge < -0.3 is 10.1 Å². The van der Waals surface area contributed by atoms with Crippen molar-refractivity contribution in [3.8, 4) is 0 Å². The summed E-state index contributed by atoms with van der Waals surface area (Å²) in [5.41, 5.74) is -0.439. The first-order valence-electron chi connectivity index (χ1n) is 8.82. The number of urea groups is 1. The van der Waals surface area contributed by atoms with Crippen molar-refractivity contribution in [2.24, 2.45) is 0 Å². The van der Waals surface area contributed by atoms with Crippen LogP contribution in [0.1, 0.15) is 43.7 Å². The van der Waals surface area contributed by atoms with Crippen LogP contribution in [0.4, 0.5) is 18.0 Å². The summed E-state index contributed by atoms with van der Waals surface area (Å²) in [6.45, 7) is 1.31. The molecule has 0 spiro atoms. The van der Waals surface area contributed by atoms with Crippen LogP contribution >= 0.6 is 0 Å². The van der Waals surface area contributed by atoms with E-state index in [1.807, 2.05) is 0 Å². The number of carbonyl (C=O) groups is 3. The number of esters is 1. The van der Waals surface area contributed by atoms with Crippen LogP contribution in [-0.4, -0.2) is 30.1 Å². The highest BCUT2D eigenvalue weighted by atomic mass is 19.4. The third kappa shape index (κ3) is 6.71. The number of rotatable bonds is 5. The van der Waals surface area contributed by atoms with Crippen molar-refractivity contribution in [1.29, 1.82) is 0 Å². The summed E-state index contributed by atoms with van der Waals surface area (Å²) in [6.07, 6.45) is 0.385. The lowest BCUT2D eigenvalue weighted by Gasteiger charge is -2.15. The minimum absolute atomic E-state index is 0.0392. The Kier molecular flexibility index (Phi) is 7.19. The molecule has 2 N–H and O–H groups in total. The zero-order chi connectivity index (χ0) is 20.7. The van der Waals surface area contributed by atoms with Crippen LogP contribution in [0.2, 0.25) is 0 Å². The molecule has 0 aliphatic heterocycles. The van der Waals surface area contributed by atoms with Crippen LogP contribution in [0.25, 0.3) is 6.08 Å². The Morgan fingerprint density at radius 1 is 1.14 bits per heavy atom. The van der Waals surface area contributed by atoms with Crippen LogP contribution in [0.3, 0.4) is 0 Å². The highest BCUT2D eigenvalue weighted by molar-refractivity contribution is 5.98. The molecule has 0 saturated heterocycles. The standard InChI is InChI=1S/C19H21F3N2O4/c1-12(17(26)24-18(27)23-15-4-2-3-5-15)28-16(25)11-8-13-6-9-14(10-7-13)19(20,21)22/h6-12,15H,2-5H2,1H3,(H2,23,24,26,27)/b11-8+/t12-/m1/s1. The lowest BCUT2D eigenvalue weighted by atomic mass is 10.1. The predicted molar refractivity (Wildman–Crippen MR) is 95.0 cm³/mol. The van der Waals surface area contributed by atoms with E-state index >= 15 is 0 Å². The fourth-order valence-electron chi connectivity index (χ4n) is 2.72. The first kappa shape index (κ1) is 21.5. The highest BCUT2D eigenvalue weighted by Gasteiger charge is 2.29. The molecule has 152 valence electrons. The SMILES string of the molecule is C[C@@H](OC(=O)/C=C/c1ccc(C(F)(F)F)cc1)C(=O)NC(=O)NC1CCCC1. The number of halogens is 3. The van der Waals surface area contributed by atoms with E-state index in [4.69, 9.17) is 4.74 Å². The van der Waals surface area contributed by atoms with Gasteiger partial charge in [-0.15, -0.1) is 0 Å². The summed E-state index contributed by atoms with van der Waals surface area (Å²) in [5.74, 6) is -1.63. The normalized spacial score (nSPS) is 16.0. The van der Waals surface area contributed by atoms with Gasteiger partial charge in [0.15, 0.2) is 6.10 Å². The summed E-state index contributed by atoms with van der Waals surface area (Å²) in [6, 6.07) is 3.60. The molecule has 1 saturated carbocycles. The van der Waals surface area contributed by atoms with Crippen molar-refractivity contribution < 1.29 is 32.3 Å². The molecule has 1 aromatic rings. The Balaban J connectivity index is 1.79. The van der Waals surface area contributed by atoms with Crippen molar-refractivity contribution >= 4 is 24.0 Å². The van der Waals surface area contributed by atoms with Crippen molar-refractivity contribution in [2.75, 3.05) is 0 Å². The lowest BCUT2D eigenvalue weighted by molar-refractivity contribution is -0.149. The summed E-state index contributed by atoms with van der Waals surface area (Å²) >= 11 is 0. The fourth-order valence-corrected chi connectivity index (χ4v) is 2.72. The van der Waals surface area contributed by atoms with Gasteiger partial charge in [-0.05, 0) is 43.5 Å². The fraction of sp³-hybridized carbons (Fsp3) is 0.421. The molecule has 1 aliphatic rings. The van der Waals surface area contributed by atoms with Gasteiger partial charge in [-0.25, -0.2) is 9.59 Å². The molecule has 28 heavy (non-hydrogen) atoms. The number of hydrogen-bond donors (Lipinski definition) is 2. The van der Waals surface area contributed by atoms with Crippen LogP contribution in [0.15, 0.2) is 30.3 Å². The number of amides is 3. The van der Waals surface area contributed by atoms with Crippen LogP contribution in [0, 0.1) is 0 Å². The summed E-state index contributed by atoms with van der Waals surface area (Å²) in [7, 11) is 0. The van der Waals surface area contributed by atoms with E-state index in [0.29, 0.717) is 5.56 Å². The van der Waals surface area contributed by atoms with Crippen LogP contribution < -0.4 is 10.6 Å². The topological polar surface area (TPSA) is 84.5 Å². The van der Waals surface area contributed by atoms with E-state index in [-0.39, 0.29) is 6.04 Å². The molecule has 0 unspecified atom stereocenters. The summed E-state index contributed by atoms with van der Waals surface area (Å²) in [5, 5.41) is 4.78. The highest BCUT2D eigenvalue weighted by Crippen LogP contribution is 2.29. The molecule has 1 fully saturated rings. The molecular formula is C19H21F3N2O4. The molecule has 0 heterocycles. The Morgan fingerprint density at radius 3 is 2.32 bits per heavy atom. The molecule has 1 aliphatic carbocycles. The lowest BCUT2D eigenvalue weighted by Crippen LogP contribution is -2.47. The van der Waals surface area contributed by atoms with Gasteiger partial charge in [-0.1, -0.05) is 25.0 Å². The van der Waals surface area contributed by atoms with Crippen molar-refractivity contribution in [2.45, 2.75) is 50.9 Å². The minimum Gasteiger partial charge on any atom is -0.449 e. The second kappa shape index (κ2) is 9.38. The Hall–Kier alpha value is -2.84. The van der Waals surface area contributed by atoms with Crippen molar-refractivity contribution in [3.63, 3.8) is 0 Å². The van der Waals surface area contributed by atoms with Gasteiger partial charge in [0.2, 0.25) is 0 Å². The molecule has 2 rings (SSSR count). The van der Waals surface area contributed by atoms with E-state index in [9.17, 15) is 27.6 Å². The average molecular weight is 398 g/mol. The first-order valence-corrected chi connectivity index (χ1v) is 8.82. The van der Waals surface area contributed by atoms with Gasteiger partial charge in [0, 0.05) is 12.1 Å². The van der Waals surface area contributed by atoms with Gasteiger partial charge in [0.25, 0.3) is 5.91 Å². The maximum absolute atomic E-state index is 12.5. The molecule has 3 amide bonds. The molecule has 1 atom stereocenters. The minimum atomic E-state index is -4.44. The van der Waals surface area contributed by atoms with E-state index < -0.39 is 35.8 Å². The number of imide groups is 1. The van der Waals surface area contributed by atoms with E-state index in [0.717, 1.165) is 43.9 Å². The number of carbonyl (C=O) groups excluding carboxylic acids is 3. The summed E-state index contributed by atoms with van der Waals surface area (Å²) in [4.78, 5) is 35.4. The quantitative estimate of drug-likeness (QED) is 0.588. The molecule has 0 aromatic heterocycles. The van der Waals surface area contributed by atoms with E-state index in [1.165, 1.54) is 25.1 Å². The number of nitrogens with one attached hydrogen (secondary N) is 2. The van der Waals surface area contributed by atoms with Gasteiger partial charge in [-0.3, -0.25) is 10.1 Å². The molecule has 9 heteroatoms. The molecule has 0 bridgehead atoms. The molecule has 1 aromatic carbocycles. The largest absolute Gasteiger partial charge is 0.449 e. The Labute approximate surface area is 160 Å². The Bertz CT molecular complexity index is 739. The monoisotopic (exact) mass is 398 g/mol. The number of benzene rings is 1. The number of alkyl halides is 3. The Morgan fingerprint density at radius 2 is 1.75 bits per heavy atom. The van der Waals surface area contributed by atoms with E-state index in [2.05, 4.69) is 10.6 Å². The predicted octanol–water partition coefficient (Wildman–Crippen LogP) is 3.42. The van der Waals surface area contributed by atoms with Gasteiger partial charge in [0.1, 0.15) is 0 Å². The second-order valence-electron chi connectivity index (χ2n) is 6.48. The average Bonchev–Trinajstić information content (AvgIpc) is 3.12. The third-order valence-electron chi connectivity index (χ3n) is 4.24. The first-order chi connectivity index (χ1) is 13.1.